The third-order valence-electron chi connectivity index (χ3n) is 4.15. The van der Waals surface area contributed by atoms with E-state index >= 15 is 0 Å². The van der Waals surface area contributed by atoms with E-state index in [4.69, 9.17) is 14.7 Å². The number of hydroxylamine groups is 1. The van der Waals surface area contributed by atoms with E-state index in [0.717, 1.165) is 12.0 Å². The number of esters is 1. The molecule has 0 saturated heterocycles. The average Bonchev–Trinajstić information content (AvgIpc) is 3.34. The fourth-order valence-electron chi connectivity index (χ4n) is 2.79. The maximum atomic E-state index is 12.1. The van der Waals surface area contributed by atoms with Gasteiger partial charge in [-0.25, -0.2) is 5.48 Å². The molecule has 2 atom stereocenters. The Morgan fingerprint density at radius 3 is 2.62 bits per heavy atom. The number of amides is 1. The molecule has 0 bridgehead atoms. The van der Waals surface area contributed by atoms with Gasteiger partial charge in [0.1, 0.15) is 12.4 Å². The van der Waals surface area contributed by atoms with Gasteiger partial charge >= 0.3 is 5.97 Å². The molecule has 2 rings (SSSR count). The zero-order chi connectivity index (χ0) is 17.6. The maximum absolute atomic E-state index is 12.1. The van der Waals surface area contributed by atoms with Crippen molar-refractivity contribution in [3.05, 3.63) is 29.8 Å². The Hall–Kier alpha value is -2.52. The Labute approximate surface area is 141 Å². The molecule has 0 aromatic heterocycles. The summed E-state index contributed by atoms with van der Waals surface area (Å²) < 4.78 is 10.3. The van der Waals surface area contributed by atoms with Crippen LogP contribution in [0.2, 0.25) is 0 Å². The van der Waals surface area contributed by atoms with Gasteiger partial charge in [0, 0.05) is 6.42 Å². The van der Waals surface area contributed by atoms with Crippen molar-refractivity contribution in [3.8, 4) is 17.6 Å². The average molecular weight is 331 g/mol. The van der Waals surface area contributed by atoms with Crippen LogP contribution in [0.5, 0.6) is 5.75 Å². The summed E-state index contributed by atoms with van der Waals surface area (Å²) in [5.41, 5.74) is 1.59. The molecule has 1 aromatic rings. The van der Waals surface area contributed by atoms with E-state index in [1.165, 1.54) is 7.11 Å². The zero-order valence-corrected chi connectivity index (χ0v) is 13.8. The summed E-state index contributed by atoms with van der Waals surface area (Å²) in [5.74, 6) is 4.94. The van der Waals surface area contributed by atoms with E-state index in [2.05, 4.69) is 11.8 Å². The second-order valence-electron chi connectivity index (χ2n) is 5.70. The van der Waals surface area contributed by atoms with E-state index in [9.17, 15) is 9.59 Å². The van der Waals surface area contributed by atoms with Crippen molar-refractivity contribution in [1.29, 1.82) is 0 Å². The van der Waals surface area contributed by atoms with Gasteiger partial charge in [-0.3, -0.25) is 14.8 Å². The highest BCUT2D eigenvalue weighted by Gasteiger charge is 2.64. The predicted octanol–water partition coefficient (Wildman–Crippen LogP) is 1.71. The summed E-state index contributed by atoms with van der Waals surface area (Å²) in [6, 6.07) is 7.30. The molecule has 24 heavy (non-hydrogen) atoms. The summed E-state index contributed by atoms with van der Waals surface area (Å²) in [7, 11) is 1.30. The summed E-state index contributed by atoms with van der Waals surface area (Å²) in [6.07, 6.45) is 1.52. The molecule has 0 spiro atoms. The van der Waals surface area contributed by atoms with Gasteiger partial charge in [0.05, 0.1) is 18.4 Å². The minimum atomic E-state index is -0.906. The number of methoxy groups -OCH3 is 1. The SMILES string of the molecule is CCC#CCOc1ccc(C[C@]2(C(=O)OC)C[C@@H]2C(=O)NO)cc1. The molecule has 1 saturated carbocycles. The monoisotopic (exact) mass is 331 g/mol. The van der Waals surface area contributed by atoms with E-state index in [0.29, 0.717) is 25.2 Å². The first-order valence-electron chi connectivity index (χ1n) is 7.77. The standard InChI is InChI=1S/C18H21NO5/c1-3-4-5-10-24-14-8-6-13(7-9-14)11-18(17(21)23-2)12-15(18)16(20)19-22/h6-9,15,22H,3,10-12H2,1-2H3,(H,19,20)/t15-,18+/m1/s1. The number of carbonyl (C=O) groups excluding carboxylic acids is 2. The van der Waals surface area contributed by atoms with Crippen LogP contribution in [0.3, 0.4) is 0 Å². The molecular formula is C18H21NO5. The van der Waals surface area contributed by atoms with Crippen molar-refractivity contribution in [2.75, 3.05) is 13.7 Å². The lowest BCUT2D eigenvalue weighted by molar-refractivity contribution is -0.149. The summed E-state index contributed by atoms with van der Waals surface area (Å²) in [5, 5.41) is 8.78. The molecule has 1 aromatic carbocycles. The number of carbonyl (C=O) groups is 2. The first-order chi connectivity index (χ1) is 11.6. The molecular weight excluding hydrogens is 310 g/mol. The first-order valence-corrected chi connectivity index (χ1v) is 7.77. The van der Waals surface area contributed by atoms with Crippen molar-refractivity contribution in [2.24, 2.45) is 11.3 Å². The van der Waals surface area contributed by atoms with Crippen molar-refractivity contribution in [2.45, 2.75) is 26.2 Å². The van der Waals surface area contributed by atoms with Crippen LogP contribution in [-0.2, 0) is 20.7 Å². The molecule has 0 unspecified atom stereocenters. The predicted molar refractivity (Wildman–Crippen MR) is 86.2 cm³/mol. The first kappa shape index (κ1) is 17.8. The second-order valence-corrected chi connectivity index (χ2v) is 5.70. The lowest BCUT2D eigenvalue weighted by Crippen LogP contribution is -2.30. The van der Waals surface area contributed by atoms with E-state index in [1.807, 2.05) is 19.1 Å². The smallest absolute Gasteiger partial charge is 0.312 e. The Balaban J connectivity index is 2.03. The Morgan fingerprint density at radius 2 is 2.04 bits per heavy atom. The molecule has 0 radical (unpaired) electrons. The molecule has 2 N–H and O–H groups in total. The minimum Gasteiger partial charge on any atom is -0.481 e. The maximum Gasteiger partial charge on any atom is 0.312 e. The second kappa shape index (κ2) is 7.84. The molecule has 1 fully saturated rings. The molecule has 1 amide bonds. The van der Waals surface area contributed by atoms with Crippen LogP contribution in [0.15, 0.2) is 24.3 Å². The van der Waals surface area contributed by atoms with Crippen LogP contribution >= 0.6 is 0 Å². The minimum absolute atomic E-state index is 0.331. The molecule has 6 nitrogen and oxygen atoms in total. The molecule has 1 aliphatic carbocycles. The number of benzene rings is 1. The topological polar surface area (TPSA) is 84.9 Å². The van der Waals surface area contributed by atoms with Crippen LogP contribution < -0.4 is 10.2 Å². The molecule has 1 aliphatic rings. The molecule has 0 aliphatic heterocycles. The number of ether oxygens (including phenoxy) is 2. The van der Waals surface area contributed by atoms with Gasteiger partial charge in [0.15, 0.2) is 0 Å². The highest BCUT2D eigenvalue weighted by Crippen LogP contribution is 2.55. The van der Waals surface area contributed by atoms with Crippen LogP contribution in [0.1, 0.15) is 25.3 Å². The zero-order valence-electron chi connectivity index (χ0n) is 13.8. The fraction of sp³-hybridized carbons (Fsp3) is 0.444. The highest BCUT2D eigenvalue weighted by molar-refractivity contribution is 5.93. The van der Waals surface area contributed by atoms with Gasteiger partial charge in [0.2, 0.25) is 5.91 Å². The fourth-order valence-corrected chi connectivity index (χ4v) is 2.79. The van der Waals surface area contributed by atoms with Crippen LogP contribution in [0, 0.1) is 23.2 Å². The van der Waals surface area contributed by atoms with Gasteiger partial charge < -0.3 is 9.47 Å². The van der Waals surface area contributed by atoms with Gasteiger partial charge in [-0.15, -0.1) is 5.92 Å². The van der Waals surface area contributed by atoms with E-state index in [1.54, 1.807) is 17.6 Å². The van der Waals surface area contributed by atoms with E-state index in [-0.39, 0.29) is 0 Å². The van der Waals surface area contributed by atoms with E-state index < -0.39 is 23.2 Å². The third-order valence-corrected chi connectivity index (χ3v) is 4.15. The van der Waals surface area contributed by atoms with Crippen molar-refractivity contribution >= 4 is 11.9 Å². The van der Waals surface area contributed by atoms with Crippen molar-refractivity contribution in [3.63, 3.8) is 0 Å². The van der Waals surface area contributed by atoms with Gasteiger partial charge in [0.25, 0.3) is 0 Å². The quantitative estimate of drug-likeness (QED) is 0.359. The Morgan fingerprint density at radius 1 is 1.33 bits per heavy atom. The van der Waals surface area contributed by atoms with Gasteiger partial charge in [-0.2, -0.15) is 0 Å². The van der Waals surface area contributed by atoms with Crippen LogP contribution in [0.25, 0.3) is 0 Å². The Kier molecular flexibility index (Phi) is 5.83. The summed E-state index contributed by atoms with van der Waals surface area (Å²) in [4.78, 5) is 23.7. The molecule has 0 heterocycles. The Bertz CT molecular complexity index is 658. The van der Waals surface area contributed by atoms with Gasteiger partial charge in [-0.1, -0.05) is 25.0 Å². The number of rotatable bonds is 6. The normalized spacial score (nSPS) is 21.2. The number of hydrogen-bond acceptors (Lipinski definition) is 5. The molecule has 128 valence electrons. The van der Waals surface area contributed by atoms with Crippen molar-refractivity contribution < 1.29 is 24.3 Å². The number of hydrogen-bond donors (Lipinski definition) is 2. The lowest BCUT2D eigenvalue weighted by Gasteiger charge is -2.15. The lowest BCUT2D eigenvalue weighted by atomic mass is 9.93. The van der Waals surface area contributed by atoms with Crippen LogP contribution in [0.4, 0.5) is 0 Å². The molecule has 6 heteroatoms. The largest absolute Gasteiger partial charge is 0.481 e. The third kappa shape index (κ3) is 3.87. The summed E-state index contributed by atoms with van der Waals surface area (Å²) >= 11 is 0. The summed E-state index contributed by atoms with van der Waals surface area (Å²) in [6.45, 7) is 2.30. The van der Waals surface area contributed by atoms with Crippen molar-refractivity contribution in [1.82, 2.24) is 5.48 Å². The van der Waals surface area contributed by atoms with Gasteiger partial charge in [-0.05, 0) is 30.5 Å². The number of nitrogens with one attached hydrogen (secondary N) is 1. The highest BCUT2D eigenvalue weighted by atomic mass is 16.5. The van der Waals surface area contributed by atoms with Crippen LogP contribution in [-0.4, -0.2) is 30.8 Å².